The van der Waals surface area contributed by atoms with Crippen molar-refractivity contribution in [2.24, 2.45) is 0 Å². The van der Waals surface area contributed by atoms with E-state index in [-0.39, 0.29) is 11.5 Å². The summed E-state index contributed by atoms with van der Waals surface area (Å²) in [6.07, 6.45) is 2.03. The molecule has 2 rings (SSSR count). The predicted octanol–water partition coefficient (Wildman–Crippen LogP) is 1.65. The molecule has 1 N–H and O–H groups in total. The molecule has 1 atom stereocenters. The van der Waals surface area contributed by atoms with E-state index in [0.29, 0.717) is 19.1 Å². The fourth-order valence-electron chi connectivity index (χ4n) is 2.20. The molecule has 1 aromatic carbocycles. The molecule has 4 heteroatoms. The summed E-state index contributed by atoms with van der Waals surface area (Å²) < 4.78 is 13.5. The fourth-order valence-corrected chi connectivity index (χ4v) is 2.20. The molecule has 0 bridgehead atoms. The van der Waals surface area contributed by atoms with Crippen LogP contribution in [0.2, 0.25) is 0 Å². The Balaban J connectivity index is 2.12. The number of benzene rings is 1. The van der Waals surface area contributed by atoms with Crippen molar-refractivity contribution >= 4 is 5.91 Å². The average molecular weight is 236 g/mol. The van der Waals surface area contributed by atoms with E-state index in [1.165, 1.54) is 6.07 Å². The van der Waals surface area contributed by atoms with E-state index in [2.05, 4.69) is 5.32 Å². The highest BCUT2D eigenvalue weighted by Gasteiger charge is 2.24. The molecule has 1 aliphatic heterocycles. The Bertz CT molecular complexity index is 408. The van der Waals surface area contributed by atoms with Crippen LogP contribution in [0.5, 0.6) is 0 Å². The van der Waals surface area contributed by atoms with Gasteiger partial charge in [0.1, 0.15) is 5.82 Å². The van der Waals surface area contributed by atoms with E-state index in [9.17, 15) is 9.18 Å². The second-order valence-electron chi connectivity index (χ2n) is 4.36. The van der Waals surface area contributed by atoms with Gasteiger partial charge in [0.2, 0.25) is 0 Å². The van der Waals surface area contributed by atoms with Gasteiger partial charge in [-0.1, -0.05) is 12.1 Å². The zero-order valence-corrected chi connectivity index (χ0v) is 9.95. The van der Waals surface area contributed by atoms with Gasteiger partial charge in [0.25, 0.3) is 5.91 Å². The van der Waals surface area contributed by atoms with Crippen LogP contribution in [0.4, 0.5) is 4.39 Å². The van der Waals surface area contributed by atoms with Crippen LogP contribution in [-0.2, 0) is 0 Å². The molecule has 17 heavy (non-hydrogen) atoms. The van der Waals surface area contributed by atoms with Crippen LogP contribution in [-0.4, -0.2) is 37.0 Å². The molecule has 0 spiro atoms. The summed E-state index contributed by atoms with van der Waals surface area (Å²) in [5.74, 6) is -0.646. The van der Waals surface area contributed by atoms with Crippen molar-refractivity contribution in [3.63, 3.8) is 0 Å². The van der Waals surface area contributed by atoms with E-state index >= 15 is 0 Å². The first-order valence-electron chi connectivity index (χ1n) is 5.93. The summed E-state index contributed by atoms with van der Waals surface area (Å²) in [5.41, 5.74) is 0.171. The first-order chi connectivity index (χ1) is 8.22. The number of hydrogen-bond acceptors (Lipinski definition) is 2. The number of nitrogens with one attached hydrogen (secondary N) is 1. The molecule has 1 heterocycles. The van der Waals surface area contributed by atoms with Crippen LogP contribution < -0.4 is 5.32 Å². The number of rotatable bonds is 2. The molecular weight excluding hydrogens is 219 g/mol. The summed E-state index contributed by atoms with van der Waals surface area (Å²) in [5, 5.41) is 3.17. The normalized spacial score (nSPS) is 20.4. The van der Waals surface area contributed by atoms with Gasteiger partial charge < -0.3 is 10.2 Å². The minimum Gasteiger partial charge on any atom is -0.337 e. The van der Waals surface area contributed by atoms with Gasteiger partial charge in [0.15, 0.2) is 0 Å². The Morgan fingerprint density at radius 2 is 2.24 bits per heavy atom. The van der Waals surface area contributed by atoms with Crippen LogP contribution in [0.25, 0.3) is 0 Å². The highest BCUT2D eigenvalue weighted by atomic mass is 19.1. The molecule has 0 aliphatic carbocycles. The van der Waals surface area contributed by atoms with Gasteiger partial charge in [0, 0.05) is 19.1 Å². The van der Waals surface area contributed by atoms with Gasteiger partial charge in [-0.3, -0.25) is 4.79 Å². The maximum absolute atomic E-state index is 13.5. The van der Waals surface area contributed by atoms with Crippen LogP contribution in [0.3, 0.4) is 0 Å². The van der Waals surface area contributed by atoms with Gasteiger partial charge >= 0.3 is 0 Å². The lowest BCUT2D eigenvalue weighted by molar-refractivity contribution is 0.0693. The van der Waals surface area contributed by atoms with Crippen LogP contribution >= 0.6 is 0 Å². The molecule has 92 valence electrons. The Kier molecular flexibility index (Phi) is 3.74. The number of carbonyl (C=O) groups is 1. The number of carbonyl (C=O) groups excluding carboxylic acids is 1. The molecule has 1 amide bonds. The highest BCUT2D eigenvalue weighted by molar-refractivity contribution is 5.94. The summed E-state index contributed by atoms with van der Waals surface area (Å²) in [7, 11) is 1.89. The summed E-state index contributed by atoms with van der Waals surface area (Å²) in [6.45, 7) is 1.37. The van der Waals surface area contributed by atoms with Gasteiger partial charge in [-0.15, -0.1) is 0 Å². The number of likely N-dealkylation sites (tertiary alicyclic amines) is 1. The number of amides is 1. The monoisotopic (exact) mass is 236 g/mol. The minimum absolute atomic E-state index is 0.171. The van der Waals surface area contributed by atoms with Gasteiger partial charge in [-0.2, -0.15) is 0 Å². The first-order valence-corrected chi connectivity index (χ1v) is 5.93. The van der Waals surface area contributed by atoms with E-state index in [1.54, 1.807) is 23.1 Å². The molecule has 1 aromatic rings. The van der Waals surface area contributed by atoms with Gasteiger partial charge in [0.05, 0.1) is 5.56 Å². The standard InChI is InChI=1S/C13H17FN2O/c1-15-10-5-4-8-16(9-10)13(17)11-6-2-3-7-12(11)14/h2-3,6-7,10,15H,4-5,8-9H2,1H3/t10-/m1/s1. The van der Waals surface area contributed by atoms with Crippen LogP contribution in [0.1, 0.15) is 23.2 Å². The first kappa shape index (κ1) is 12.0. The predicted molar refractivity (Wildman–Crippen MR) is 64.4 cm³/mol. The zero-order valence-electron chi connectivity index (χ0n) is 9.95. The van der Waals surface area contributed by atoms with Crippen molar-refractivity contribution in [1.82, 2.24) is 10.2 Å². The Morgan fingerprint density at radius 3 is 2.94 bits per heavy atom. The number of nitrogens with zero attached hydrogens (tertiary/aromatic N) is 1. The third-order valence-corrected chi connectivity index (χ3v) is 3.22. The summed E-state index contributed by atoms with van der Waals surface area (Å²) in [6, 6.07) is 6.47. The average Bonchev–Trinajstić information content (AvgIpc) is 2.38. The van der Waals surface area contributed by atoms with Crippen molar-refractivity contribution in [1.29, 1.82) is 0 Å². The molecule has 1 aliphatic rings. The molecule has 3 nitrogen and oxygen atoms in total. The lowest BCUT2D eigenvalue weighted by Gasteiger charge is -2.32. The molecule has 1 saturated heterocycles. The number of likely N-dealkylation sites (N-methyl/N-ethyl adjacent to an activating group) is 1. The Labute approximate surface area is 101 Å². The van der Waals surface area contributed by atoms with E-state index in [0.717, 1.165) is 12.8 Å². The van der Waals surface area contributed by atoms with E-state index in [1.807, 2.05) is 7.05 Å². The number of hydrogen-bond donors (Lipinski definition) is 1. The van der Waals surface area contributed by atoms with Crippen molar-refractivity contribution in [3.8, 4) is 0 Å². The summed E-state index contributed by atoms with van der Waals surface area (Å²) in [4.78, 5) is 13.9. The van der Waals surface area contributed by atoms with Gasteiger partial charge in [-0.05, 0) is 32.0 Å². The van der Waals surface area contributed by atoms with E-state index in [4.69, 9.17) is 0 Å². The van der Waals surface area contributed by atoms with Gasteiger partial charge in [-0.25, -0.2) is 4.39 Å². The molecule has 0 unspecified atom stereocenters. The smallest absolute Gasteiger partial charge is 0.256 e. The lowest BCUT2D eigenvalue weighted by atomic mass is 10.0. The van der Waals surface area contributed by atoms with Crippen molar-refractivity contribution < 1.29 is 9.18 Å². The van der Waals surface area contributed by atoms with Crippen LogP contribution in [0.15, 0.2) is 24.3 Å². The number of piperidine rings is 1. The number of halogens is 1. The van der Waals surface area contributed by atoms with Crippen molar-refractivity contribution in [2.75, 3.05) is 20.1 Å². The SMILES string of the molecule is CN[C@@H]1CCCN(C(=O)c2ccccc2F)C1. The molecule has 0 saturated carbocycles. The second kappa shape index (κ2) is 5.27. The Hall–Kier alpha value is -1.42. The third kappa shape index (κ3) is 2.64. The molecular formula is C13H17FN2O. The fraction of sp³-hybridized carbons (Fsp3) is 0.462. The minimum atomic E-state index is -0.441. The highest BCUT2D eigenvalue weighted by Crippen LogP contribution is 2.15. The lowest BCUT2D eigenvalue weighted by Crippen LogP contribution is -2.47. The summed E-state index contributed by atoms with van der Waals surface area (Å²) >= 11 is 0. The quantitative estimate of drug-likeness (QED) is 0.846. The zero-order chi connectivity index (χ0) is 12.3. The molecule has 0 aromatic heterocycles. The maximum Gasteiger partial charge on any atom is 0.256 e. The Morgan fingerprint density at radius 1 is 1.47 bits per heavy atom. The van der Waals surface area contributed by atoms with Crippen molar-refractivity contribution in [3.05, 3.63) is 35.6 Å². The largest absolute Gasteiger partial charge is 0.337 e. The third-order valence-electron chi connectivity index (χ3n) is 3.22. The van der Waals surface area contributed by atoms with Crippen LogP contribution in [0, 0.1) is 5.82 Å². The second-order valence-corrected chi connectivity index (χ2v) is 4.36. The van der Waals surface area contributed by atoms with Crippen molar-refractivity contribution in [2.45, 2.75) is 18.9 Å². The molecule has 1 fully saturated rings. The maximum atomic E-state index is 13.5. The van der Waals surface area contributed by atoms with E-state index < -0.39 is 5.82 Å². The topological polar surface area (TPSA) is 32.3 Å². The molecule has 0 radical (unpaired) electrons.